The molecule has 1 saturated carbocycles. The number of alkyl halides is 4. The van der Waals surface area contributed by atoms with Crippen LogP contribution in [-0.4, -0.2) is 48.3 Å². The van der Waals surface area contributed by atoms with Crippen molar-refractivity contribution in [3.63, 3.8) is 0 Å². The molecule has 1 N–H and O–H groups in total. The fraction of sp³-hybridized carbons (Fsp3) is 0.562. The van der Waals surface area contributed by atoms with Crippen LogP contribution in [0.1, 0.15) is 19.3 Å². The molecule has 1 heterocycles. The summed E-state index contributed by atoms with van der Waals surface area (Å²) in [7, 11) is -5.21. The summed E-state index contributed by atoms with van der Waals surface area (Å²) in [5.74, 6) is -9.97. The van der Waals surface area contributed by atoms with E-state index in [4.69, 9.17) is 5.26 Å². The second-order valence-electron chi connectivity index (χ2n) is 6.69. The second kappa shape index (κ2) is 6.60. The van der Waals surface area contributed by atoms with E-state index in [1.165, 1.54) is 11.0 Å². The van der Waals surface area contributed by atoms with Crippen LogP contribution in [0.4, 0.5) is 22.0 Å². The molecule has 3 aliphatic rings. The van der Waals surface area contributed by atoms with Crippen molar-refractivity contribution < 1.29 is 35.5 Å². The van der Waals surface area contributed by atoms with E-state index in [1.807, 2.05) is 0 Å². The predicted molar refractivity (Wildman–Crippen MR) is 83.6 cm³/mol. The lowest BCUT2D eigenvalue weighted by molar-refractivity contribution is -0.159. The fourth-order valence-electron chi connectivity index (χ4n) is 3.83. The maximum Gasteiger partial charge on any atom is 0.340 e. The number of aliphatic hydroxyl groups is 1. The van der Waals surface area contributed by atoms with Crippen molar-refractivity contribution in [3.8, 4) is 6.07 Å². The summed E-state index contributed by atoms with van der Waals surface area (Å²) in [4.78, 5) is 0.301. The van der Waals surface area contributed by atoms with Gasteiger partial charge in [-0.05, 0) is 12.5 Å². The number of sulfone groups is 1. The first kappa shape index (κ1) is 19.8. The van der Waals surface area contributed by atoms with Gasteiger partial charge in [0.25, 0.3) is 5.92 Å². The zero-order chi connectivity index (χ0) is 20.1. The largest absolute Gasteiger partial charge is 0.386 e. The zero-order valence-electron chi connectivity index (χ0n) is 13.7. The molecule has 4 atom stereocenters. The van der Waals surface area contributed by atoms with Gasteiger partial charge in [-0.15, -0.1) is 0 Å². The van der Waals surface area contributed by atoms with Gasteiger partial charge in [0.15, 0.2) is 0 Å². The third-order valence-electron chi connectivity index (χ3n) is 5.20. The predicted octanol–water partition coefficient (Wildman–Crippen LogP) is 2.63. The summed E-state index contributed by atoms with van der Waals surface area (Å²) in [6.45, 7) is 0. The standard InChI is InChI=1S/C16H15F5N2O3S/c17-10-2-1-9(5-8(10)6-22)23-7-12(27(25,26)15(18)19)13-11(23)3-4-16(20,21)14(13)24/h1-2,7,9,11,13-15,24H,3-5H2/t9?,11?,13?,14-/m0/s1. The Morgan fingerprint density at radius 2 is 2.04 bits per heavy atom. The summed E-state index contributed by atoms with van der Waals surface area (Å²) < 4.78 is 91.6. The molecule has 2 aliphatic carbocycles. The van der Waals surface area contributed by atoms with E-state index in [0.29, 0.717) is 0 Å². The monoisotopic (exact) mass is 410 g/mol. The Bertz CT molecular complexity index is 875. The highest BCUT2D eigenvalue weighted by atomic mass is 32.2. The average Bonchev–Trinajstić information content (AvgIpc) is 2.99. The van der Waals surface area contributed by atoms with E-state index < -0.39 is 62.8 Å². The quantitative estimate of drug-likeness (QED) is 0.724. The molecule has 0 spiro atoms. The van der Waals surface area contributed by atoms with E-state index in [-0.39, 0.29) is 18.4 Å². The first-order chi connectivity index (χ1) is 12.5. The molecular weight excluding hydrogens is 395 g/mol. The Morgan fingerprint density at radius 1 is 1.37 bits per heavy atom. The van der Waals surface area contributed by atoms with E-state index in [1.54, 1.807) is 6.07 Å². The van der Waals surface area contributed by atoms with Gasteiger partial charge in [-0.3, -0.25) is 0 Å². The highest BCUT2D eigenvalue weighted by molar-refractivity contribution is 7.95. The molecule has 0 amide bonds. The smallest absolute Gasteiger partial charge is 0.340 e. The van der Waals surface area contributed by atoms with Gasteiger partial charge in [0.2, 0.25) is 9.84 Å². The average molecular weight is 410 g/mol. The molecule has 3 rings (SSSR count). The lowest BCUT2D eigenvalue weighted by Gasteiger charge is -2.42. The maximum atomic E-state index is 13.9. The van der Waals surface area contributed by atoms with E-state index in [0.717, 1.165) is 12.3 Å². The van der Waals surface area contributed by atoms with Crippen molar-refractivity contribution in [2.75, 3.05) is 0 Å². The molecule has 11 heteroatoms. The Balaban J connectivity index is 2.03. The molecule has 148 valence electrons. The van der Waals surface area contributed by atoms with Gasteiger partial charge in [-0.25, -0.2) is 21.6 Å². The van der Waals surface area contributed by atoms with Crippen LogP contribution >= 0.6 is 0 Å². The van der Waals surface area contributed by atoms with E-state index in [9.17, 15) is 35.5 Å². The van der Waals surface area contributed by atoms with Crippen molar-refractivity contribution in [2.45, 2.75) is 49.1 Å². The molecule has 0 aromatic heterocycles. The van der Waals surface area contributed by atoms with Gasteiger partial charge in [-0.1, -0.05) is 6.08 Å². The van der Waals surface area contributed by atoms with Crippen molar-refractivity contribution in [1.82, 2.24) is 4.90 Å². The van der Waals surface area contributed by atoms with Gasteiger partial charge in [0.05, 0.1) is 22.6 Å². The first-order valence-electron chi connectivity index (χ1n) is 8.04. The number of fused-ring (bicyclic) bond motifs is 1. The molecule has 3 unspecified atom stereocenters. The Kier molecular flexibility index (Phi) is 4.84. The van der Waals surface area contributed by atoms with Crippen LogP contribution in [0.15, 0.2) is 34.7 Å². The summed E-state index contributed by atoms with van der Waals surface area (Å²) in [5.41, 5.74) is -0.223. The lowest BCUT2D eigenvalue weighted by atomic mass is 9.80. The Hall–Kier alpha value is -1.93. The molecule has 0 saturated heterocycles. The van der Waals surface area contributed by atoms with Gasteiger partial charge >= 0.3 is 5.76 Å². The maximum absolute atomic E-state index is 13.9. The number of rotatable bonds is 3. The lowest BCUT2D eigenvalue weighted by Crippen LogP contribution is -2.53. The van der Waals surface area contributed by atoms with Crippen LogP contribution in [0.2, 0.25) is 0 Å². The van der Waals surface area contributed by atoms with Crippen molar-refractivity contribution in [1.29, 1.82) is 5.26 Å². The van der Waals surface area contributed by atoms with Gasteiger partial charge in [0, 0.05) is 31.0 Å². The molecule has 1 aliphatic heterocycles. The van der Waals surface area contributed by atoms with E-state index >= 15 is 0 Å². The number of hydrogen-bond acceptors (Lipinski definition) is 5. The van der Waals surface area contributed by atoms with Gasteiger partial charge in [-0.2, -0.15) is 14.0 Å². The highest BCUT2D eigenvalue weighted by Crippen LogP contribution is 2.49. The number of nitrogens with zero attached hydrogens (tertiary/aromatic N) is 2. The number of halogens is 5. The fourth-order valence-corrected chi connectivity index (χ4v) is 4.97. The van der Waals surface area contributed by atoms with Crippen LogP contribution in [0.5, 0.6) is 0 Å². The van der Waals surface area contributed by atoms with Crippen molar-refractivity contribution in [3.05, 3.63) is 34.7 Å². The van der Waals surface area contributed by atoms with Crippen molar-refractivity contribution in [2.24, 2.45) is 5.92 Å². The SMILES string of the molecule is N#CC1=C(F)C=CC(N2C=C(S(=O)(=O)C(F)F)C3C2CCC(F)(F)[C@H]3O)C1. The normalized spacial score (nSPS) is 33.1. The minimum atomic E-state index is -5.21. The van der Waals surface area contributed by atoms with E-state index in [2.05, 4.69) is 0 Å². The Labute approximate surface area is 152 Å². The minimum absolute atomic E-state index is 0.174. The summed E-state index contributed by atoms with van der Waals surface area (Å²) in [6, 6.07) is -0.110. The van der Waals surface area contributed by atoms with Crippen LogP contribution in [-0.2, 0) is 9.84 Å². The zero-order valence-corrected chi connectivity index (χ0v) is 14.5. The number of nitriles is 1. The number of allylic oxidation sites excluding steroid dienone is 2. The Morgan fingerprint density at radius 3 is 2.63 bits per heavy atom. The molecule has 5 nitrogen and oxygen atoms in total. The van der Waals surface area contributed by atoms with Crippen LogP contribution in [0, 0.1) is 17.2 Å². The molecule has 0 bridgehead atoms. The molecule has 0 aromatic carbocycles. The molecule has 1 fully saturated rings. The van der Waals surface area contributed by atoms with Crippen molar-refractivity contribution >= 4 is 9.84 Å². The van der Waals surface area contributed by atoms with Gasteiger partial charge < -0.3 is 10.0 Å². The second-order valence-corrected chi connectivity index (χ2v) is 8.61. The number of aliphatic hydroxyl groups excluding tert-OH is 1. The molecule has 0 aromatic rings. The summed E-state index contributed by atoms with van der Waals surface area (Å²) >= 11 is 0. The first-order valence-corrected chi connectivity index (χ1v) is 9.59. The summed E-state index contributed by atoms with van der Waals surface area (Å²) in [6.07, 6.45) is -0.512. The molecule has 27 heavy (non-hydrogen) atoms. The third-order valence-corrected chi connectivity index (χ3v) is 6.70. The topological polar surface area (TPSA) is 81.4 Å². The third kappa shape index (κ3) is 3.14. The summed E-state index contributed by atoms with van der Waals surface area (Å²) in [5, 5.41) is 19.0. The minimum Gasteiger partial charge on any atom is -0.386 e. The molecular formula is C16H15F5N2O3S. The van der Waals surface area contributed by atoms with Crippen LogP contribution in [0.25, 0.3) is 0 Å². The highest BCUT2D eigenvalue weighted by Gasteiger charge is 2.58. The number of hydrogen-bond donors (Lipinski definition) is 1. The van der Waals surface area contributed by atoms with Gasteiger partial charge in [0.1, 0.15) is 11.9 Å². The van der Waals surface area contributed by atoms with Crippen LogP contribution in [0.3, 0.4) is 0 Å². The molecule has 0 radical (unpaired) electrons. The van der Waals surface area contributed by atoms with Crippen LogP contribution < -0.4 is 0 Å².